The molecule has 0 amide bonds. The van der Waals surface area contributed by atoms with Crippen LogP contribution in [0.4, 0.5) is 15.8 Å². The van der Waals surface area contributed by atoms with Crippen LogP contribution in [-0.4, -0.2) is 41.1 Å². The highest BCUT2D eigenvalue weighted by atomic mass is 19.1. The van der Waals surface area contributed by atoms with Gasteiger partial charge in [-0.25, -0.2) is 9.37 Å². The number of rotatable bonds is 3. The quantitative estimate of drug-likeness (QED) is 0.460. The van der Waals surface area contributed by atoms with Crippen LogP contribution in [0.15, 0.2) is 36.8 Å². The number of aromatic amines is 1. The van der Waals surface area contributed by atoms with Crippen molar-refractivity contribution in [2.24, 2.45) is 11.1 Å². The molecule has 4 heterocycles. The number of nitrogens with zero attached hydrogens (tertiary/aromatic N) is 4. The third-order valence-electron chi connectivity index (χ3n) is 7.07. The Hall–Kier alpha value is -3.70. The predicted molar refractivity (Wildman–Crippen MR) is 123 cm³/mol. The molecule has 1 aromatic carbocycles. The Labute approximate surface area is 184 Å². The first-order valence-corrected chi connectivity index (χ1v) is 10.7. The first-order valence-electron chi connectivity index (χ1n) is 10.7. The molecule has 1 spiro atoms. The molecule has 2 atom stereocenters. The van der Waals surface area contributed by atoms with Crippen molar-refractivity contribution >= 4 is 33.3 Å². The molecule has 7 nitrogen and oxygen atoms in total. The number of fused-ring (bicyclic) bond motifs is 3. The van der Waals surface area contributed by atoms with Crippen molar-refractivity contribution in [3.63, 3.8) is 0 Å². The van der Waals surface area contributed by atoms with Gasteiger partial charge in [0, 0.05) is 66.7 Å². The fourth-order valence-electron chi connectivity index (χ4n) is 5.23. The van der Waals surface area contributed by atoms with E-state index >= 15 is 0 Å². The van der Waals surface area contributed by atoms with Crippen molar-refractivity contribution in [3.05, 3.63) is 48.2 Å². The zero-order valence-electron chi connectivity index (χ0n) is 17.6. The van der Waals surface area contributed by atoms with Crippen LogP contribution in [-0.2, 0) is 0 Å². The average Bonchev–Trinajstić information content (AvgIpc) is 3.13. The van der Waals surface area contributed by atoms with E-state index < -0.39 is 0 Å². The van der Waals surface area contributed by atoms with Crippen molar-refractivity contribution in [3.8, 4) is 17.2 Å². The molecule has 0 bridgehead atoms. The molecule has 6 rings (SSSR count). The summed E-state index contributed by atoms with van der Waals surface area (Å²) in [6, 6.07) is 7.25. The van der Waals surface area contributed by atoms with Gasteiger partial charge in [-0.15, -0.1) is 0 Å². The second-order valence-electron chi connectivity index (χ2n) is 8.91. The minimum atomic E-state index is -0.311. The van der Waals surface area contributed by atoms with Crippen molar-refractivity contribution in [2.45, 2.75) is 18.9 Å². The number of aromatic nitrogens is 3. The van der Waals surface area contributed by atoms with E-state index in [1.807, 2.05) is 12.3 Å². The van der Waals surface area contributed by atoms with Gasteiger partial charge in [-0.2, -0.15) is 5.26 Å². The first-order chi connectivity index (χ1) is 15.5. The van der Waals surface area contributed by atoms with Crippen molar-refractivity contribution in [1.29, 1.82) is 5.26 Å². The molecule has 3 aromatic heterocycles. The van der Waals surface area contributed by atoms with Crippen LogP contribution in [0, 0.1) is 22.6 Å². The zero-order valence-corrected chi connectivity index (χ0v) is 17.6. The van der Waals surface area contributed by atoms with E-state index in [1.54, 1.807) is 25.5 Å². The number of hydrogen-bond donors (Lipinski definition) is 3. The smallest absolute Gasteiger partial charge is 0.140 e. The molecule has 1 aliphatic heterocycles. The van der Waals surface area contributed by atoms with Crippen LogP contribution in [0.1, 0.15) is 18.4 Å². The number of anilines is 2. The van der Waals surface area contributed by atoms with Gasteiger partial charge >= 0.3 is 0 Å². The normalized spacial score (nSPS) is 22.1. The Morgan fingerprint density at radius 3 is 2.88 bits per heavy atom. The summed E-state index contributed by atoms with van der Waals surface area (Å²) in [5, 5.41) is 14.1. The summed E-state index contributed by atoms with van der Waals surface area (Å²) in [6.45, 7) is 1.72. The summed E-state index contributed by atoms with van der Waals surface area (Å²) in [7, 11) is 1.78. The lowest BCUT2D eigenvalue weighted by molar-refractivity contribution is 0.553. The van der Waals surface area contributed by atoms with Gasteiger partial charge in [-0.05, 0) is 31.0 Å². The molecule has 4 aromatic rings. The summed E-state index contributed by atoms with van der Waals surface area (Å²) in [4.78, 5) is 14.7. The van der Waals surface area contributed by atoms with Crippen LogP contribution >= 0.6 is 0 Å². The summed E-state index contributed by atoms with van der Waals surface area (Å²) >= 11 is 0. The number of nitriles is 1. The number of pyridine rings is 2. The number of H-pyrrole nitrogens is 1. The van der Waals surface area contributed by atoms with Gasteiger partial charge < -0.3 is 20.9 Å². The van der Waals surface area contributed by atoms with Gasteiger partial charge in [0.05, 0.1) is 27.8 Å². The molecular weight excluding hydrogens is 405 g/mol. The number of hydrogen-bond acceptors (Lipinski definition) is 6. The Bertz CT molecular complexity index is 1440. The second kappa shape index (κ2) is 6.65. The summed E-state index contributed by atoms with van der Waals surface area (Å²) < 4.78 is 14.6. The standard InChI is InChI=1S/C24H22FN7/c1-28-18-6-15(25)5-16-20-22(32-3-2-24(12-32)7-19(24)27)17(11-30-23(20)31-21(16)18)14-4-13(8-26)9-29-10-14/h4-6,9-11,19,28H,2-3,7,12,27H2,1H3,(H,30,31)/t19?,24-/m1/s1. The second-order valence-corrected chi connectivity index (χ2v) is 8.91. The van der Waals surface area contributed by atoms with E-state index in [2.05, 4.69) is 31.2 Å². The summed E-state index contributed by atoms with van der Waals surface area (Å²) in [5.41, 5.74) is 11.8. The minimum absolute atomic E-state index is 0.160. The maximum atomic E-state index is 14.6. The monoisotopic (exact) mass is 427 g/mol. The van der Waals surface area contributed by atoms with Crippen molar-refractivity contribution in [2.75, 3.05) is 30.4 Å². The van der Waals surface area contributed by atoms with Gasteiger partial charge in [-0.1, -0.05) is 0 Å². The molecule has 1 unspecified atom stereocenters. The van der Waals surface area contributed by atoms with E-state index in [-0.39, 0.29) is 17.3 Å². The molecule has 1 aliphatic carbocycles. The molecule has 1 saturated carbocycles. The third kappa shape index (κ3) is 2.68. The number of nitrogens with one attached hydrogen (secondary N) is 2. The van der Waals surface area contributed by atoms with Gasteiger partial charge in [0.15, 0.2) is 0 Å². The van der Waals surface area contributed by atoms with Crippen LogP contribution in [0.5, 0.6) is 0 Å². The highest BCUT2D eigenvalue weighted by molar-refractivity contribution is 6.17. The van der Waals surface area contributed by atoms with Crippen LogP contribution in [0.3, 0.4) is 0 Å². The molecular formula is C24H22FN7. The van der Waals surface area contributed by atoms with Gasteiger partial charge in [0.2, 0.25) is 0 Å². The Morgan fingerprint density at radius 1 is 1.31 bits per heavy atom. The van der Waals surface area contributed by atoms with Gasteiger partial charge in [-0.3, -0.25) is 4.98 Å². The molecule has 0 radical (unpaired) electrons. The average molecular weight is 427 g/mol. The van der Waals surface area contributed by atoms with E-state index in [4.69, 9.17) is 5.73 Å². The molecule has 8 heteroatoms. The molecule has 32 heavy (non-hydrogen) atoms. The molecule has 1 saturated heterocycles. The maximum Gasteiger partial charge on any atom is 0.140 e. The first kappa shape index (κ1) is 19.0. The topological polar surface area (TPSA) is 107 Å². The van der Waals surface area contributed by atoms with E-state index in [9.17, 15) is 9.65 Å². The summed E-state index contributed by atoms with van der Waals surface area (Å²) in [5.74, 6) is -0.311. The van der Waals surface area contributed by atoms with Crippen LogP contribution < -0.4 is 16.0 Å². The SMILES string of the molecule is CNc1cc(F)cc2c1[nH]c1ncc(-c3cncc(C#N)c3)c(N3CC[C@@]4(CC4N)C3)c12. The lowest BCUT2D eigenvalue weighted by Crippen LogP contribution is -2.23. The summed E-state index contributed by atoms with van der Waals surface area (Å²) in [6.07, 6.45) is 7.18. The molecule has 4 N–H and O–H groups in total. The predicted octanol–water partition coefficient (Wildman–Crippen LogP) is 3.76. The Morgan fingerprint density at radius 2 is 2.16 bits per heavy atom. The molecule has 2 aliphatic rings. The van der Waals surface area contributed by atoms with Crippen LogP contribution in [0.2, 0.25) is 0 Å². The fraction of sp³-hybridized carbons (Fsp3) is 0.292. The maximum absolute atomic E-state index is 14.6. The highest BCUT2D eigenvalue weighted by Gasteiger charge is 2.55. The molecule has 160 valence electrons. The van der Waals surface area contributed by atoms with Crippen molar-refractivity contribution < 1.29 is 4.39 Å². The van der Waals surface area contributed by atoms with Gasteiger partial charge in [0.25, 0.3) is 0 Å². The van der Waals surface area contributed by atoms with Gasteiger partial charge in [0.1, 0.15) is 17.5 Å². The molecule has 2 fully saturated rings. The fourth-order valence-corrected chi connectivity index (χ4v) is 5.23. The van der Waals surface area contributed by atoms with Crippen molar-refractivity contribution in [1.82, 2.24) is 15.0 Å². The highest BCUT2D eigenvalue weighted by Crippen LogP contribution is 2.54. The lowest BCUT2D eigenvalue weighted by Gasteiger charge is -2.23. The lowest BCUT2D eigenvalue weighted by atomic mass is 10.0. The Balaban J connectivity index is 1.66. The number of nitrogens with two attached hydrogens (primary N) is 1. The number of benzene rings is 1. The van der Waals surface area contributed by atoms with E-state index in [0.717, 1.165) is 59.0 Å². The Kier molecular flexibility index (Phi) is 3.95. The third-order valence-corrected chi connectivity index (χ3v) is 7.07. The van der Waals surface area contributed by atoms with E-state index in [0.29, 0.717) is 16.9 Å². The zero-order chi connectivity index (χ0) is 22.0. The number of halogens is 1. The van der Waals surface area contributed by atoms with Crippen LogP contribution in [0.25, 0.3) is 33.1 Å². The largest absolute Gasteiger partial charge is 0.386 e. The minimum Gasteiger partial charge on any atom is -0.386 e. The van der Waals surface area contributed by atoms with E-state index in [1.165, 1.54) is 6.07 Å².